The van der Waals surface area contributed by atoms with E-state index in [0.717, 1.165) is 23.1 Å². The van der Waals surface area contributed by atoms with Crippen molar-refractivity contribution in [3.8, 4) is 0 Å². The molecule has 88 valence electrons. The molecule has 0 aliphatic heterocycles. The van der Waals surface area contributed by atoms with Gasteiger partial charge in [-0.05, 0) is 34.4 Å². The van der Waals surface area contributed by atoms with E-state index < -0.39 is 0 Å². The van der Waals surface area contributed by atoms with Gasteiger partial charge in [-0.3, -0.25) is 5.41 Å². The Morgan fingerprint density at radius 3 is 2.56 bits per heavy atom. The number of hydrogen-bond acceptors (Lipinski definition) is 1. The number of amidine groups is 1. The Morgan fingerprint density at radius 2 is 1.78 bits per heavy atom. The molecule has 3 rings (SSSR count). The van der Waals surface area contributed by atoms with Gasteiger partial charge < -0.3 is 5.73 Å². The second kappa shape index (κ2) is 4.15. The van der Waals surface area contributed by atoms with Crippen molar-refractivity contribution in [2.24, 2.45) is 5.73 Å². The van der Waals surface area contributed by atoms with Gasteiger partial charge in [-0.2, -0.15) is 0 Å². The zero-order chi connectivity index (χ0) is 12.5. The normalized spacial score (nSPS) is 14.4. The fraction of sp³-hybridized carbons (Fsp3) is 0.0625. The zero-order valence-electron chi connectivity index (χ0n) is 9.98. The van der Waals surface area contributed by atoms with Crippen molar-refractivity contribution in [1.82, 2.24) is 0 Å². The van der Waals surface area contributed by atoms with Gasteiger partial charge in [-0.15, -0.1) is 0 Å². The number of rotatable bonds is 2. The molecule has 0 spiro atoms. The van der Waals surface area contributed by atoms with Crippen molar-refractivity contribution in [3.63, 3.8) is 0 Å². The van der Waals surface area contributed by atoms with Crippen LogP contribution < -0.4 is 5.73 Å². The van der Waals surface area contributed by atoms with Crippen LogP contribution in [0.4, 0.5) is 0 Å². The maximum absolute atomic E-state index is 7.60. The van der Waals surface area contributed by atoms with E-state index in [9.17, 15) is 0 Å². The number of allylic oxidation sites excluding steroid dienone is 2. The van der Waals surface area contributed by atoms with Gasteiger partial charge in [0.05, 0.1) is 0 Å². The summed E-state index contributed by atoms with van der Waals surface area (Å²) < 4.78 is 0. The summed E-state index contributed by atoms with van der Waals surface area (Å²) in [5.41, 5.74) is 8.67. The van der Waals surface area contributed by atoms with Gasteiger partial charge in [0.15, 0.2) is 0 Å². The molecule has 2 aromatic rings. The van der Waals surface area contributed by atoms with Crippen LogP contribution in [0.25, 0.3) is 16.3 Å². The second-order valence-electron chi connectivity index (χ2n) is 4.45. The Hall–Kier alpha value is -2.35. The standard InChI is InChI=1S/C16H14N2/c17-16(18)15-7-3-6-14(15)13-9-8-11-4-1-2-5-12(11)10-13/h1-2,4-10H,3H2,(H3,17,18). The molecule has 0 aromatic heterocycles. The van der Waals surface area contributed by atoms with Crippen molar-refractivity contribution in [2.45, 2.75) is 6.42 Å². The van der Waals surface area contributed by atoms with Crippen LogP contribution >= 0.6 is 0 Å². The fourth-order valence-electron chi connectivity index (χ4n) is 2.40. The summed E-state index contributed by atoms with van der Waals surface area (Å²) in [6.45, 7) is 0. The average molecular weight is 234 g/mol. The number of nitrogens with two attached hydrogens (primary N) is 1. The number of fused-ring (bicyclic) bond motifs is 1. The van der Waals surface area contributed by atoms with Gasteiger partial charge in [-0.1, -0.05) is 48.6 Å². The Kier molecular flexibility index (Phi) is 2.49. The van der Waals surface area contributed by atoms with E-state index in [1.807, 2.05) is 18.2 Å². The highest BCUT2D eigenvalue weighted by Crippen LogP contribution is 2.30. The first-order valence-corrected chi connectivity index (χ1v) is 6.00. The molecule has 0 saturated carbocycles. The summed E-state index contributed by atoms with van der Waals surface area (Å²) in [5, 5.41) is 10.0. The molecular formula is C16H14N2. The van der Waals surface area contributed by atoms with Gasteiger partial charge in [0.25, 0.3) is 0 Å². The predicted octanol–water partition coefficient (Wildman–Crippen LogP) is 3.49. The van der Waals surface area contributed by atoms with E-state index in [4.69, 9.17) is 11.1 Å². The van der Waals surface area contributed by atoms with Crippen LogP contribution in [0.3, 0.4) is 0 Å². The minimum atomic E-state index is 0.145. The van der Waals surface area contributed by atoms with Crippen molar-refractivity contribution in [2.75, 3.05) is 0 Å². The summed E-state index contributed by atoms with van der Waals surface area (Å²) >= 11 is 0. The van der Waals surface area contributed by atoms with E-state index in [1.165, 1.54) is 10.8 Å². The molecule has 0 amide bonds. The van der Waals surface area contributed by atoms with Gasteiger partial charge in [0, 0.05) is 5.57 Å². The van der Waals surface area contributed by atoms with Crippen molar-refractivity contribution in [1.29, 1.82) is 5.41 Å². The van der Waals surface area contributed by atoms with Crippen molar-refractivity contribution in [3.05, 3.63) is 65.8 Å². The van der Waals surface area contributed by atoms with Crippen LogP contribution in [0.1, 0.15) is 12.0 Å². The number of hydrogen-bond donors (Lipinski definition) is 2. The molecule has 2 aromatic carbocycles. The lowest BCUT2D eigenvalue weighted by atomic mass is 9.97. The third-order valence-corrected chi connectivity index (χ3v) is 3.28. The summed E-state index contributed by atoms with van der Waals surface area (Å²) in [6, 6.07) is 14.6. The molecule has 18 heavy (non-hydrogen) atoms. The highest BCUT2D eigenvalue weighted by molar-refractivity contribution is 6.11. The molecule has 1 aliphatic rings. The first-order chi connectivity index (χ1) is 8.75. The van der Waals surface area contributed by atoms with E-state index in [-0.39, 0.29) is 5.84 Å². The van der Waals surface area contributed by atoms with Crippen LogP contribution in [0, 0.1) is 5.41 Å². The van der Waals surface area contributed by atoms with Crippen LogP contribution in [0.5, 0.6) is 0 Å². The quantitative estimate of drug-likeness (QED) is 0.606. The SMILES string of the molecule is N=C(N)C1=CCC=C1c1ccc2ccccc2c1. The molecule has 1 aliphatic carbocycles. The Labute approximate surface area is 106 Å². The maximum Gasteiger partial charge on any atom is 0.123 e. The molecule has 0 atom stereocenters. The van der Waals surface area contributed by atoms with E-state index in [2.05, 4.69) is 36.4 Å². The molecule has 0 radical (unpaired) electrons. The molecule has 0 bridgehead atoms. The molecule has 0 unspecified atom stereocenters. The van der Waals surface area contributed by atoms with E-state index in [0.29, 0.717) is 0 Å². The Morgan fingerprint density at radius 1 is 1.00 bits per heavy atom. The first kappa shape index (κ1) is 10.8. The molecule has 2 heteroatoms. The van der Waals surface area contributed by atoms with Crippen LogP contribution in [-0.4, -0.2) is 5.84 Å². The number of benzene rings is 2. The average Bonchev–Trinajstić information content (AvgIpc) is 2.87. The summed E-state index contributed by atoms with van der Waals surface area (Å²) in [5.74, 6) is 0.145. The van der Waals surface area contributed by atoms with Gasteiger partial charge in [0.1, 0.15) is 5.84 Å². The summed E-state index contributed by atoms with van der Waals surface area (Å²) in [7, 11) is 0. The smallest absolute Gasteiger partial charge is 0.123 e. The van der Waals surface area contributed by atoms with Crippen LogP contribution in [0.2, 0.25) is 0 Å². The third kappa shape index (κ3) is 1.72. The minimum Gasteiger partial charge on any atom is -0.384 e. The Balaban J connectivity index is 2.10. The molecule has 2 nitrogen and oxygen atoms in total. The van der Waals surface area contributed by atoms with Crippen LogP contribution in [0.15, 0.2) is 60.2 Å². The lowest BCUT2D eigenvalue weighted by molar-refractivity contribution is 1.41. The summed E-state index contributed by atoms with van der Waals surface area (Å²) in [6.07, 6.45) is 4.99. The highest BCUT2D eigenvalue weighted by Gasteiger charge is 2.14. The second-order valence-corrected chi connectivity index (χ2v) is 4.45. The fourth-order valence-corrected chi connectivity index (χ4v) is 2.40. The molecule has 0 saturated heterocycles. The third-order valence-electron chi connectivity index (χ3n) is 3.28. The van der Waals surface area contributed by atoms with Gasteiger partial charge >= 0.3 is 0 Å². The highest BCUT2D eigenvalue weighted by atomic mass is 14.7. The minimum absolute atomic E-state index is 0.145. The van der Waals surface area contributed by atoms with E-state index in [1.54, 1.807) is 0 Å². The summed E-state index contributed by atoms with van der Waals surface area (Å²) in [4.78, 5) is 0. The van der Waals surface area contributed by atoms with Gasteiger partial charge in [-0.25, -0.2) is 0 Å². The topological polar surface area (TPSA) is 49.9 Å². The molecule has 0 fully saturated rings. The van der Waals surface area contributed by atoms with Gasteiger partial charge in [0.2, 0.25) is 0 Å². The van der Waals surface area contributed by atoms with Crippen LogP contribution in [-0.2, 0) is 0 Å². The van der Waals surface area contributed by atoms with E-state index >= 15 is 0 Å². The monoisotopic (exact) mass is 234 g/mol. The predicted molar refractivity (Wildman–Crippen MR) is 76.5 cm³/mol. The first-order valence-electron chi connectivity index (χ1n) is 6.00. The maximum atomic E-state index is 7.60. The molecule has 0 heterocycles. The lowest BCUT2D eigenvalue weighted by Crippen LogP contribution is -2.12. The zero-order valence-corrected chi connectivity index (χ0v) is 9.98. The number of nitrogens with one attached hydrogen (secondary N) is 1. The van der Waals surface area contributed by atoms with Crippen molar-refractivity contribution >= 4 is 22.2 Å². The molecular weight excluding hydrogens is 220 g/mol. The van der Waals surface area contributed by atoms with Crippen molar-refractivity contribution < 1.29 is 0 Å². The Bertz CT molecular complexity index is 693. The lowest BCUT2D eigenvalue weighted by Gasteiger charge is -2.08. The molecule has 3 N–H and O–H groups in total. The largest absolute Gasteiger partial charge is 0.384 e.